The number of nitrogens with zero attached hydrogens (tertiary/aromatic N) is 2. The maximum absolute atomic E-state index is 4.18. The summed E-state index contributed by atoms with van der Waals surface area (Å²) in [5.74, 6) is 0. The van der Waals surface area contributed by atoms with Crippen molar-refractivity contribution in [3.8, 4) is 27.9 Å². The molecule has 300 valence electrons. The second-order valence-corrected chi connectivity index (χ2v) is 16.1. The van der Waals surface area contributed by atoms with Gasteiger partial charge in [0.05, 0.1) is 22.1 Å². The first kappa shape index (κ1) is 39.8. The third-order valence-electron chi connectivity index (χ3n) is 11.8. The molecular formula is C60H50N2. The van der Waals surface area contributed by atoms with Gasteiger partial charge in [-0.25, -0.2) is 0 Å². The van der Waals surface area contributed by atoms with Crippen molar-refractivity contribution in [1.82, 2.24) is 9.13 Å². The maximum Gasteiger partial charge on any atom is 0.0541 e. The Kier molecular flexibility index (Phi) is 11.0. The maximum atomic E-state index is 4.18. The van der Waals surface area contributed by atoms with Gasteiger partial charge in [-0.15, -0.1) is 0 Å². The van der Waals surface area contributed by atoms with Crippen molar-refractivity contribution in [2.45, 2.75) is 27.7 Å². The van der Waals surface area contributed by atoms with Gasteiger partial charge in [-0.2, -0.15) is 0 Å². The molecule has 0 radical (unpaired) electrons. The van der Waals surface area contributed by atoms with Crippen LogP contribution in [-0.2, 0) is 0 Å². The van der Waals surface area contributed by atoms with Gasteiger partial charge in [0, 0.05) is 32.9 Å². The lowest BCUT2D eigenvalue weighted by Gasteiger charge is -2.08. The Hall–Kier alpha value is -7.68. The summed E-state index contributed by atoms with van der Waals surface area (Å²) in [6, 6.07) is 65.0. The van der Waals surface area contributed by atoms with Crippen LogP contribution in [0, 0.1) is 20.8 Å². The fourth-order valence-electron chi connectivity index (χ4n) is 8.88. The molecular weight excluding hydrogens is 749 g/mol. The molecule has 8 aromatic carbocycles. The Morgan fingerprint density at radius 3 is 1.73 bits per heavy atom. The molecule has 0 saturated heterocycles. The number of hydrogen-bond acceptors (Lipinski definition) is 0. The molecule has 11 rings (SSSR count). The molecule has 0 amide bonds. The molecule has 1 aliphatic carbocycles. The second kappa shape index (κ2) is 17.1. The quantitative estimate of drug-likeness (QED) is 0.154. The van der Waals surface area contributed by atoms with Gasteiger partial charge in [-0.1, -0.05) is 175 Å². The van der Waals surface area contributed by atoms with Crippen LogP contribution in [0.2, 0.25) is 0 Å². The van der Waals surface area contributed by atoms with Gasteiger partial charge < -0.3 is 9.13 Å². The van der Waals surface area contributed by atoms with Crippen LogP contribution in [0.1, 0.15) is 34.7 Å². The van der Waals surface area contributed by atoms with E-state index in [1.54, 1.807) is 0 Å². The van der Waals surface area contributed by atoms with Gasteiger partial charge in [0.15, 0.2) is 0 Å². The molecule has 2 aromatic heterocycles. The summed E-state index contributed by atoms with van der Waals surface area (Å²) in [5, 5.41) is 5.17. The molecule has 2 heteroatoms. The van der Waals surface area contributed by atoms with Crippen molar-refractivity contribution in [3.63, 3.8) is 0 Å². The fraction of sp³-hybridized carbons (Fsp3) is 0.0667. The highest BCUT2D eigenvalue weighted by Gasteiger charge is 2.21. The summed E-state index contributed by atoms with van der Waals surface area (Å²) in [4.78, 5) is 0. The number of para-hydroxylation sites is 3. The molecule has 0 saturated carbocycles. The number of hydrogen-bond donors (Lipinski definition) is 0. The minimum absolute atomic E-state index is 1.13. The van der Waals surface area contributed by atoms with Crippen LogP contribution in [0.25, 0.3) is 82.8 Å². The first-order chi connectivity index (χ1) is 30.3. The zero-order valence-corrected chi connectivity index (χ0v) is 35.9. The lowest BCUT2D eigenvalue weighted by atomic mass is 10.0. The van der Waals surface area contributed by atoms with Crippen LogP contribution in [0.5, 0.6) is 0 Å². The summed E-state index contributed by atoms with van der Waals surface area (Å²) in [6.45, 7) is 16.4. The summed E-state index contributed by atoms with van der Waals surface area (Å²) in [7, 11) is 0. The second-order valence-electron chi connectivity index (χ2n) is 16.1. The molecule has 10 aromatic rings. The zero-order valence-electron chi connectivity index (χ0n) is 35.9. The molecule has 0 unspecified atom stereocenters. The highest BCUT2D eigenvalue weighted by Crippen LogP contribution is 2.43. The Balaban J connectivity index is 0.000000123. The summed E-state index contributed by atoms with van der Waals surface area (Å²) >= 11 is 0. The average Bonchev–Trinajstić information content (AvgIpc) is 3.91. The van der Waals surface area contributed by atoms with Crippen LogP contribution in [0.4, 0.5) is 0 Å². The van der Waals surface area contributed by atoms with E-state index in [0.29, 0.717) is 0 Å². The number of allylic oxidation sites excluding steroid dienone is 5. The number of fused-ring (bicyclic) bond motifs is 9. The van der Waals surface area contributed by atoms with Crippen LogP contribution in [0.15, 0.2) is 219 Å². The normalized spacial score (nSPS) is 12.0. The van der Waals surface area contributed by atoms with Crippen molar-refractivity contribution in [2.75, 3.05) is 0 Å². The van der Waals surface area contributed by atoms with Gasteiger partial charge >= 0.3 is 0 Å². The van der Waals surface area contributed by atoms with Crippen molar-refractivity contribution >= 4 is 54.9 Å². The van der Waals surface area contributed by atoms with E-state index in [9.17, 15) is 0 Å². The van der Waals surface area contributed by atoms with Gasteiger partial charge in [0.25, 0.3) is 0 Å². The van der Waals surface area contributed by atoms with Gasteiger partial charge in [-0.05, 0) is 127 Å². The first-order valence-corrected chi connectivity index (χ1v) is 21.4. The van der Waals surface area contributed by atoms with E-state index < -0.39 is 0 Å². The third kappa shape index (κ3) is 7.42. The van der Waals surface area contributed by atoms with Crippen LogP contribution in [0.3, 0.4) is 0 Å². The van der Waals surface area contributed by atoms with Crippen LogP contribution < -0.4 is 0 Å². The van der Waals surface area contributed by atoms with Crippen molar-refractivity contribution < 1.29 is 0 Å². The number of benzene rings is 8. The molecule has 0 aliphatic heterocycles. The first-order valence-electron chi connectivity index (χ1n) is 21.4. The Bertz CT molecular complexity index is 3350. The molecule has 2 heterocycles. The topological polar surface area (TPSA) is 9.86 Å². The number of aromatic nitrogens is 2. The summed E-state index contributed by atoms with van der Waals surface area (Å²) in [5.41, 5.74) is 20.0. The molecule has 0 fully saturated rings. The van der Waals surface area contributed by atoms with E-state index in [-0.39, 0.29) is 0 Å². The molecule has 0 bridgehead atoms. The molecule has 1 aliphatic rings. The van der Waals surface area contributed by atoms with E-state index in [2.05, 4.69) is 237 Å². The lowest BCUT2D eigenvalue weighted by Crippen LogP contribution is -1.94. The number of aryl methyl sites for hydroxylation is 3. The molecule has 0 atom stereocenters. The smallest absolute Gasteiger partial charge is 0.0541 e. The fourth-order valence-corrected chi connectivity index (χ4v) is 8.88. The van der Waals surface area contributed by atoms with Gasteiger partial charge in [-0.3, -0.25) is 0 Å². The predicted octanol–water partition coefficient (Wildman–Crippen LogP) is 16.5. The van der Waals surface area contributed by atoms with E-state index in [0.717, 1.165) is 11.3 Å². The Morgan fingerprint density at radius 2 is 0.984 bits per heavy atom. The highest BCUT2D eigenvalue weighted by atomic mass is 15.0. The van der Waals surface area contributed by atoms with E-state index in [4.69, 9.17) is 0 Å². The SMILES string of the molecule is C=C/C=C(\C=C/C)n1c2ccccc2c2cc(C)ccc21.C=C1c2ccccc2-c2ccc(C)cc21.Cc1ccc(-c2ccc3c(c2)c2ccccc2n3-c2ccccc2)cc1. The minimum Gasteiger partial charge on any atom is -0.309 e. The standard InChI is InChI=1S/C25H19N.C20H19N.C15H12/c1-18-11-13-19(14-12-18)20-15-16-25-23(17-20)22-9-5-6-10-24(22)26(25)21-7-3-2-4-8-21;1-4-8-16(9-5-2)21-19-11-7-6-10-17(19)18-14-15(3)12-13-20(18)21;1-10-7-8-14-13-6-4-3-5-12(13)11(2)15(14)9-10/h2-17H,1H3;4-14H,1H2,2-3H3;3-9H,2H2,1H3/b;9-5-,16-8+;. The van der Waals surface area contributed by atoms with Crippen molar-refractivity contribution in [2.24, 2.45) is 0 Å². The van der Waals surface area contributed by atoms with Crippen molar-refractivity contribution in [3.05, 3.63) is 247 Å². The lowest BCUT2D eigenvalue weighted by molar-refractivity contribution is 1.18. The van der Waals surface area contributed by atoms with E-state index >= 15 is 0 Å². The third-order valence-corrected chi connectivity index (χ3v) is 11.8. The Morgan fingerprint density at radius 1 is 0.452 bits per heavy atom. The van der Waals surface area contributed by atoms with Crippen LogP contribution >= 0.6 is 0 Å². The predicted molar refractivity (Wildman–Crippen MR) is 269 cm³/mol. The molecule has 0 spiro atoms. The van der Waals surface area contributed by atoms with E-state index in [1.807, 2.05) is 19.1 Å². The highest BCUT2D eigenvalue weighted by molar-refractivity contribution is 6.11. The molecule has 2 nitrogen and oxygen atoms in total. The monoisotopic (exact) mass is 798 g/mol. The van der Waals surface area contributed by atoms with Crippen LogP contribution in [-0.4, -0.2) is 9.13 Å². The summed E-state index contributed by atoms with van der Waals surface area (Å²) in [6.07, 6.45) is 8.06. The van der Waals surface area contributed by atoms with Gasteiger partial charge in [0.2, 0.25) is 0 Å². The van der Waals surface area contributed by atoms with Crippen molar-refractivity contribution in [1.29, 1.82) is 0 Å². The largest absolute Gasteiger partial charge is 0.309 e. The number of rotatable bonds is 5. The summed E-state index contributed by atoms with van der Waals surface area (Å²) < 4.78 is 4.65. The molecule has 62 heavy (non-hydrogen) atoms. The zero-order chi connectivity index (χ0) is 42.7. The minimum atomic E-state index is 1.13. The van der Waals surface area contributed by atoms with Gasteiger partial charge in [0.1, 0.15) is 0 Å². The van der Waals surface area contributed by atoms with E-state index in [1.165, 1.54) is 99.4 Å². The molecule has 0 N–H and O–H groups in total. The Labute approximate surface area is 365 Å². The average molecular weight is 799 g/mol.